The van der Waals surface area contributed by atoms with Gasteiger partial charge in [0, 0.05) is 24.6 Å². The number of thiocarbonyl (C=S) groups is 1. The first-order valence-electron chi connectivity index (χ1n) is 4.63. The van der Waals surface area contributed by atoms with Gasteiger partial charge in [-0.25, -0.2) is 0 Å². The third kappa shape index (κ3) is 2.39. The minimum absolute atomic E-state index is 0.0605. The highest BCUT2D eigenvalue weighted by Crippen LogP contribution is 2.21. The fourth-order valence-electron chi connectivity index (χ4n) is 1.27. The summed E-state index contributed by atoms with van der Waals surface area (Å²) >= 11 is 6.78. The van der Waals surface area contributed by atoms with Crippen molar-refractivity contribution in [3.8, 4) is 0 Å². The number of nitrogens with two attached hydrogens (primary N) is 1. The third-order valence-corrected chi connectivity index (χ3v) is 3.90. The molecule has 0 aliphatic carbocycles. The Bertz CT molecular complexity index is 247. The lowest BCUT2D eigenvalue weighted by atomic mass is 9.91. The molecule has 0 saturated carbocycles. The van der Waals surface area contributed by atoms with Crippen molar-refractivity contribution >= 4 is 34.9 Å². The molecule has 0 radical (unpaired) electrons. The second-order valence-corrected chi connectivity index (χ2v) is 5.56. The molecule has 1 fully saturated rings. The van der Waals surface area contributed by atoms with Crippen LogP contribution in [0.4, 0.5) is 0 Å². The van der Waals surface area contributed by atoms with E-state index in [-0.39, 0.29) is 10.9 Å². The number of amides is 1. The molecule has 1 aliphatic heterocycles. The average Bonchev–Trinajstić information content (AvgIpc) is 2.17. The molecule has 1 amide bonds. The maximum atomic E-state index is 12.0. The molecule has 0 spiro atoms. The molecule has 0 atom stereocenters. The van der Waals surface area contributed by atoms with E-state index in [9.17, 15) is 4.79 Å². The molecule has 5 heteroatoms. The summed E-state index contributed by atoms with van der Waals surface area (Å²) in [5.74, 6) is 2.09. The van der Waals surface area contributed by atoms with Gasteiger partial charge in [-0.3, -0.25) is 4.79 Å². The molecule has 1 rings (SSSR count). The fraction of sp³-hybridized carbons (Fsp3) is 0.778. The maximum absolute atomic E-state index is 12.0. The van der Waals surface area contributed by atoms with Gasteiger partial charge >= 0.3 is 0 Å². The maximum Gasteiger partial charge on any atom is 0.235 e. The van der Waals surface area contributed by atoms with Crippen LogP contribution in [0.2, 0.25) is 0 Å². The lowest BCUT2D eigenvalue weighted by Gasteiger charge is -2.33. The van der Waals surface area contributed by atoms with Crippen molar-refractivity contribution in [2.75, 3.05) is 24.6 Å². The molecule has 1 heterocycles. The zero-order valence-corrected chi connectivity index (χ0v) is 10.2. The lowest BCUT2D eigenvalue weighted by Crippen LogP contribution is -2.49. The summed E-state index contributed by atoms with van der Waals surface area (Å²) in [6, 6.07) is 0. The van der Waals surface area contributed by atoms with Crippen molar-refractivity contribution in [3.05, 3.63) is 0 Å². The van der Waals surface area contributed by atoms with E-state index in [2.05, 4.69) is 0 Å². The highest BCUT2D eigenvalue weighted by Gasteiger charge is 2.35. The Hall–Kier alpha value is -0.290. The number of carbonyl (C=O) groups excluding carboxylic acids is 1. The van der Waals surface area contributed by atoms with E-state index in [0.717, 1.165) is 24.6 Å². The van der Waals surface area contributed by atoms with E-state index in [1.807, 2.05) is 16.7 Å². The van der Waals surface area contributed by atoms with Crippen molar-refractivity contribution in [1.82, 2.24) is 4.90 Å². The molecule has 3 nitrogen and oxygen atoms in total. The van der Waals surface area contributed by atoms with E-state index in [1.54, 1.807) is 13.8 Å². The molecule has 0 aromatic carbocycles. The molecule has 14 heavy (non-hydrogen) atoms. The molecular weight excluding hydrogens is 216 g/mol. The van der Waals surface area contributed by atoms with Crippen LogP contribution in [-0.2, 0) is 4.79 Å². The van der Waals surface area contributed by atoms with Crippen molar-refractivity contribution in [2.24, 2.45) is 11.1 Å². The van der Waals surface area contributed by atoms with Crippen molar-refractivity contribution in [1.29, 1.82) is 0 Å². The molecule has 0 bridgehead atoms. The van der Waals surface area contributed by atoms with Crippen LogP contribution in [0.5, 0.6) is 0 Å². The molecule has 1 aliphatic rings. The van der Waals surface area contributed by atoms with Gasteiger partial charge in [0.1, 0.15) is 0 Å². The first-order chi connectivity index (χ1) is 6.46. The second-order valence-electron chi connectivity index (χ2n) is 3.89. The van der Waals surface area contributed by atoms with Crippen molar-refractivity contribution in [2.45, 2.75) is 13.8 Å². The second kappa shape index (κ2) is 4.49. The smallest absolute Gasteiger partial charge is 0.235 e. The van der Waals surface area contributed by atoms with Crippen LogP contribution in [0, 0.1) is 5.41 Å². The van der Waals surface area contributed by atoms with E-state index >= 15 is 0 Å². The topological polar surface area (TPSA) is 46.3 Å². The number of nitrogens with zero attached hydrogens (tertiary/aromatic N) is 1. The van der Waals surface area contributed by atoms with Crippen LogP contribution in [0.25, 0.3) is 0 Å². The molecule has 1 saturated heterocycles. The van der Waals surface area contributed by atoms with Crippen molar-refractivity contribution in [3.63, 3.8) is 0 Å². The molecule has 80 valence electrons. The highest BCUT2D eigenvalue weighted by molar-refractivity contribution is 7.99. The molecule has 0 aromatic rings. The zero-order valence-electron chi connectivity index (χ0n) is 8.58. The minimum atomic E-state index is -0.697. The number of hydrogen-bond donors (Lipinski definition) is 1. The van der Waals surface area contributed by atoms with Crippen molar-refractivity contribution < 1.29 is 4.79 Å². The summed E-state index contributed by atoms with van der Waals surface area (Å²) < 4.78 is 0. The minimum Gasteiger partial charge on any atom is -0.392 e. The van der Waals surface area contributed by atoms with Gasteiger partial charge in [-0.15, -0.1) is 0 Å². The largest absolute Gasteiger partial charge is 0.392 e. The number of hydrogen-bond acceptors (Lipinski definition) is 3. The molecule has 0 aromatic heterocycles. The lowest BCUT2D eigenvalue weighted by molar-refractivity contribution is -0.136. The van der Waals surface area contributed by atoms with Crippen LogP contribution in [-0.4, -0.2) is 40.4 Å². The van der Waals surface area contributed by atoms with E-state index < -0.39 is 5.41 Å². The summed E-state index contributed by atoms with van der Waals surface area (Å²) in [4.78, 5) is 14.1. The molecule has 0 unspecified atom stereocenters. The Balaban J connectivity index is 2.67. The summed E-state index contributed by atoms with van der Waals surface area (Å²) in [6.07, 6.45) is 0. The fourth-order valence-corrected chi connectivity index (χ4v) is 2.26. The van der Waals surface area contributed by atoms with Crippen LogP contribution < -0.4 is 5.73 Å². The summed E-state index contributed by atoms with van der Waals surface area (Å²) in [7, 11) is 0. The Morgan fingerprint density at radius 2 is 1.93 bits per heavy atom. The van der Waals surface area contributed by atoms with Gasteiger partial charge in [-0.1, -0.05) is 12.2 Å². The number of rotatable bonds is 2. The monoisotopic (exact) mass is 232 g/mol. The first-order valence-corrected chi connectivity index (χ1v) is 6.19. The van der Waals surface area contributed by atoms with Crippen LogP contribution >= 0.6 is 24.0 Å². The van der Waals surface area contributed by atoms with E-state index in [1.165, 1.54) is 0 Å². The summed E-state index contributed by atoms with van der Waals surface area (Å²) in [5.41, 5.74) is 4.86. The van der Waals surface area contributed by atoms with Gasteiger partial charge in [0.05, 0.1) is 10.4 Å². The van der Waals surface area contributed by atoms with Crippen LogP contribution in [0.15, 0.2) is 0 Å². The number of carbonyl (C=O) groups is 1. The first kappa shape index (κ1) is 11.8. The Kier molecular flexibility index (Phi) is 3.78. The predicted octanol–water partition coefficient (Wildman–Crippen LogP) is 0.874. The van der Waals surface area contributed by atoms with Gasteiger partial charge in [-0.05, 0) is 13.8 Å². The average molecular weight is 232 g/mol. The number of thioether (sulfide) groups is 1. The van der Waals surface area contributed by atoms with Gasteiger partial charge < -0.3 is 10.6 Å². The SMILES string of the molecule is CC(C)(C(=O)N1CCSCC1)C(N)=S. The standard InChI is InChI=1S/C9H16N2OS2/c1-9(2,7(10)13)8(12)11-3-5-14-6-4-11/h3-6H2,1-2H3,(H2,10,13). The predicted molar refractivity (Wildman–Crippen MR) is 64.5 cm³/mol. The summed E-state index contributed by atoms with van der Waals surface area (Å²) in [5, 5.41) is 0. The Labute approximate surface area is 94.4 Å². The zero-order chi connectivity index (χ0) is 10.8. The van der Waals surface area contributed by atoms with Gasteiger partial charge in [0.2, 0.25) is 5.91 Å². The molecule has 2 N–H and O–H groups in total. The van der Waals surface area contributed by atoms with Gasteiger partial charge in [-0.2, -0.15) is 11.8 Å². The van der Waals surface area contributed by atoms with Crippen LogP contribution in [0.3, 0.4) is 0 Å². The van der Waals surface area contributed by atoms with E-state index in [4.69, 9.17) is 18.0 Å². The highest BCUT2D eigenvalue weighted by atomic mass is 32.2. The van der Waals surface area contributed by atoms with E-state index in [0.29, 0.717) is 0 Å². The quantitative estimate of drug-likeness (QED) is 0.718. The molecular formula is C9H16N2OS2. The Morgan fingerprint density at radius 1 is 1.43 bits per heavy atom. The summed E-state index contributed by atoms with van der Waals surface area (Å²) in [6.45, 7) is 5.21. The van der Waals surface area contributed by atoms with Crippen LogP contribution in [0.1, 0.15) is 13.8 Å². The Morgan fingerprint density at radius 3 is 2.36 bits per heavy atom. The van der Waals surface area contributed by atoms with Gasteiger partial charge in [0.25, 0.3) is 0 Å². The van der Waals surface area contributed by atoms with Gasteiger partial charge in [0.15, 0.2) is 0 Å². The normalized spacial score (nSPS) is 18.0. The third-order valence-electron chi connectivity index (χ3n) is 2.45.